The summed E-state index contributed by atoms with van der Waals surface area (Å²) >= 11 is 11.1. The van der Waals surface area contributed by atoms with Gasteiger partial charge in [-0.05, 0) is 127 Å². The van der Waals surface area contributed by atoms with Gasteiger partial charge in [0, 0.05) is 33.6 Å². The Morgan fingerprint density at radius 2 is 0.947 bits per heavy atom. The van der Waals surface area contributed by atoms with Crippen LogP contribution in [0.5, 0.6) is 0 Å². The highest BCUT2D eigenvalue weighted by Crippen LogP contribution is 2.65. The van der Waals surface area contributed by atoms with E-state index in [-0.39, 0.29) is 36.6 Å². The summed E-state index contributed by atoms with van der Waals surface area (Å²) in [5.41, 5.74) is -5.16. The van der Waals surface area contributed by atoms with Crippen LogP contribution in [-0.2, 0) is 61.7 Å². The molecule has 3 aliphatic carbocycles. The van der Waals surface area contributed by atoms with Crippen molar-refractivity contribution < 1.29 is 86.9 Å². The molecule has 18 atom stereocenters. The van der Waals surface area contributed by atoms with Crippen LogP contribution in [0.3, 0.4) is 0 Å². The number of carbonyl (C=O) groups excluding carboxylic acids is 3. The zero-order valence-electron chi connectivity index (χ0n) is 46.5. The van der Waals surface area contributed by atoms with E-state index in [1.165, 1.54) is 32.5 Å². The van der Waals surface area contributed by atoms with Gasteiger partial charge in [0.1, 0.15) is 70.0 Å². The lowest BCUT2D eigenvalue weighted by atomic mass is 9.64. The number of alkyl halides is 2. The number of rotatable bonds is 18. The number of aliphatic hydroxyl groups is 4. The Hall–Kier alpha value is -2.31. The molecule has 6 heterocycles. The van der Waals surface area contributed by atoms with Crippen LogP contribution in [0, 0.1) is 0 Å². The van der Waals surface area contributed by atoms with E-state index in [0.29, 0.717) is 83.5 Å². The molecule has 432 valence electrons. The van der Waals surface area contributed by atoms with Crippen molar-refractivity contribution in [2.75, 3.05) is 52.9 Å². The molecular formula is C55H85Cl2NO18. The molecule has 9 fully saturated rings. The number of nitrogens with one attached hydrogen (secondary N) is 1. The Bertz CT molecular complexity index is 2210. The molecule has 6 saturated heterocycles. The topological polar surface area (TPSA) is 265 Å². The molecule has 19 nitrogen and oxygen atoms in total. The molecule has 3 spiro atoms. The molecule has 0 unspecified atom stereocenters. The van der Waals surface area contributed by atoms with Crippen molar-refractivity contribution in [3.63, 3.8) is 0 Å². The van der Waals surface area contributed by atoms with Gasteiger partial charge in [0.05, 0.1) is 44.2 Å². The third kappa shape index (κ3) is 11.0. The number of epoxide rings is 6. The van der Waals surface area contributed by atoms with E-state index in [4.69, 9.17) is 75.3 Å². The van der Waals surface area contributed by atoms with E-state index in [0.717, 1.165) is 12.0 Å². The predicted molar refractivity (Wildman–Crippen MR) is 278 cm³/mol. The van der Waals surface area contributed by atoms with Gasteiger partial charge in [-0.2, -0.15) is 0 Å². The molecular weight excluding hydrogens is 1030 g/mol. The smallest absolute Gasteiger partial charge is 0.414 e. The third-order valence-corrected chi connectivity index (χ3v) is 18.3. The SMILES string of the molecule is CO[C@@H]1[C@H](O)CC[C@]2(CO2)[C@@]1(O)[C@@]1(C)O[C@@H]1CC=C(C)C.CO[C@@H]1[C@H](OC(=O)CCCCl)CC[C@]2(CO2)[C@@]1(O)[C@@]1(C)O[C@@H]1CC=C(C)C.CO[C@@H]1[C@H](OC(=O)NC(=O)CCl)CC[C@]2(CO2)[C@@]1(O)[C@@]1(C)O[C@@H]1CC=C(C)C. The summed E-state index contributed by atoms with van der Waals surface area (Å²) in [6, 6.07) is 0. The third-order valence-electron chi connectivity index (χ3n) is 17.8. The monoisotopic (exact) mass is 1120 g/mol. The van der Waals surface area contributed by atoms with E-state index < -0.39 is 99.0 Å². The predicted octanol–water partition coefficient (Wildman–Crippen LogP) is 5.58. The summed E-state index contributed by atoms with van der Waals surface area (Å²) in [7, 11) is 4.51. The fraction of sp³-hybridized carbons (Fsp3) is 0.836. The van der Waals surface area contributed by atoms with Crippen LogP contribution in [0.4, 0.5) is 4.79 Å². The normalized spacial score (nSPS) is 44.7. The molecule has 0 aromatic carbocycles. The summed E-state index contributed by atoms with van der Waals surface area (Å²) in [6.45, 7) is 19.2. The van der Waals surface area contributed by atoms with Crippen LogP contribution >= 0.6 is 23.2 Å². The van der Waals surface area contributed by atoms with Gasteiger partial charge in [0.15, 0.2) is 16.8 Å². The largest absolute Gasteiger partial charge is 0.459 e. The van der Waals surface area contributed by atoms with Crippen molar-refractivity contribution in [2.45, 2.75) is 238 Å². The molecule has 2 amide bonds. The molecule has 9 aliphatic rings. The molecule has 76 heavy (non-hydrogen) atoms. The summed E-state index contributed by atoms with van der Waals surface area (Å²) in [6.07, 6.45) is 6.96. The van der Waals surface area contributed by atoms with Crippen LogP contribution in [0.25, 0.3) is 0 Å². The number of aliphatic hydroxyl groups excluding tert-OH is 1. The van der Waals surface area contributed by atoms with E-state index >= 15 is 0 Å². The minimum Gasteiger partial charge on any atom is -0.459 e. The number of esters is 1. The van der Waals surface area contributed by atoms with Crippen molar-refractivity contribution in [1.29, 1.82) is 0 Å². The van der Waals surface area contributed by atoms with Crippen molar-refractivity contribution in [1.82, 2.24) is 5.32 Å². The van der Waals surface area contributed by atoms with Crippen molar-refractivity contribution in [3.05, 3.63) is 34.9 Å². The van der Waals surface area contributed by atoms with E-state index in [1.807, 2.05) is 67.6 Å². The summed E-state index contributed by atoms with van der Waals surface area (Å²) in [5.74, 6) is -0.924. The van der Waals surface area contributed by atoms with Crippen LogP contribution in [0.1, 0.15) is 133 Å². The molecule has 5 N–H and O–H groups in total. The zero-order valence-corrected chi connectivity index (χ0v) is 48.0. The molecule has 21 heteroatoms. The van der Waals surface area contributed by atoms with Gasteiger partial charge in [0.25, 0.3) is 0 Å². The fourth-order valence-corrected chi connectivity index (χ4v) is 13.1. The van der Waals surface area contributed by atoms with Crippen molar-refractivity contribution in [2.24, 2.45) is 0 Å². The van der Waals surface area contributed by atoms with E-state index in [1.54, 1.807) is 0 Å². The van der Waals surface area contributed by atoms with Crippen LogP contribution in [0.2, 0.25) is 0 Å². The number of allylic oxidation sites excluding steroid dienone is 3. The van der Waals surface area contributed by atoms with E-state index in [2.05, 4.69) is 18.2 Å². The molecule has 3 saturated carbocycles. The highest BCUT2D eigenvalue weighted by molar-refractivity contribution is 6.28. The Labute approximate surface area is 457 Å². The fourth-order valence-electron chi connectivity index (χ4n) is 12.9. The van der Waals surface area contributed by atoms with Gasteiger partial charge in [-0.25, -0.2) is 4.79 Å². The highest BCUT2D eigenvalue weighted by Gasteiger charge is 2.84. The number of hydrogen-bond donors (Lipinski definition) is 5. The number of alkyl carbamates (subject to hydrolysis) is 1. The lowest BCUT2D eigenvalue weighted by Gasteiger charge is -2.49. The minimum atomic E-state index is -1.51. The van der Waals surface area contributed by atoms with Gasteiger partial charge in [0.2, 0.25) is 5.91 Å². The summed E-state index contributed by atoms with van der Waals surface area (Å²) in [4.78, 5) is 35.5. The second-order valence-corrected chi connectivity index (χ2v) is 24.1. The molecule has 9 rings (SSSR count). The van der Waals surface area contributed by atoms with Crippen molar-refractivity contribution >= 4 is 41.2 Å². The Kier molecular flexibility index (Phi) is 18.5. The number of imide groups is 1. The minimum absolute atomic E-state index is 0.0681. The number of methoxy groups -OCH3 is 3. The second-order valence-electron chi connectivity index (χ2n) is 23.4. The first-order chi connectivity index (χ1) is 35.7. The quantitative estimate of drug-likeness (QED) is 0.0485. The second kappa shape index (κ2) is 22.9. The maximum atomic E-state index is 12.1. The maximum Gasteiger partial charge on any atom is 0.414 e. The van der Waals surface area contributed by atoms with Gasteiger partial charge in [-0.15, -0.1) is 23.2 Å². The average Bonchev–Trinajstić information content (AvgIpc) is 4.11. The van der Waals surface area contributed by atoms with E-state index in [9.17, 15) is 34.8 Å². The molecule has 6 aliphatic heterocycles. The van der Waals surface area contributed by atoms with Crippen LogP contribution in [-0.4, -0.2) is 197 Å². The number of carbonyl (C=O) groups is 3. The molecule has 0 aromatic heterocycles. The van der Waals surface area contributed by atoms with Crippen LogP contribution < -0.4 is 5.32 Å². The lowest BCUT2D eigenvalue weighted by Crippen LogP contribution is -2.70. The Morgan fingerprint density at radius 3 is 1.28 bits per heavy atom. The van der Waals surface area contributed by atoms with Gasteiger partial charge in [-0.3, -0.25) is 14.9 Å². The van der Waals surface area contributed by atoms with Crippen molar-refractivity contribution in [3.8, 4) is 0 Å². The van der Waals surface area contributed by atoms with Gasteiger partial charge in [-0.1, -0.05) is 34.9 Å². The zero-order chi connectivity index (χ0) is 56.1. The number of ether oxygens (including phenoxy) is 11. The van der Waals surface area contributed by atoms with Gasteiger partial charge >= 0.3 is 12.1 Å². The van der Waals surface area contributed by atoms with Crippen LogP contribution in [0.15, 0.2) is 34.9 Å². The first-order valence-corrected chi connectivity index (χ1v) is 27.9. The first kappa shape index (κ1) is 61.3. The first-order valence-electron chi connectivity index (χ1n) is 26.8. The number of halogens is 2. The molecule has 0 radical (unpaired) electrons. The lowest BCUT2D eigenvalue weighted by molar-refractivity contribution is -0.231. The molecule has 0 aromatic rings. The van der Waals surface area contributed by atoms with Gasteiger partial charge < -0.3 is 72.5 Å². The average molecular weight is 1120 g/mol. The number of hydrogen-bond acceptors (Lipinski definition) is 18. The summed E-state index contributed by atoms with van der Waals surface area (Å²) < 4.78 is 62.8. The Balaban J connectivity index is 0.000000168. The number of amides is 2. The Morgan fingerprint density at radius 1 is 0.592 bits per heavy atom. The standard InChI is InChI=1S/C20H31ClO6.C19H28ClNO7.C16H26O5/c1-13(2)7-8-15-18(3,27-15)20(23)17(24-4)14(9-10-19(20)12-25-19)26-16(22)6-5-11-21;1-11(2)5-6-13-17(3,28-13)19(24)15(25-4)12(7-8-18(19)10-26-18)27-16(23)21-14(22)9-20;1-10(2)5-6-12-14(3,21-12)16(18)13(19-4)11(17)7-8-15(16)9-20-15/h7,14-15,17,23H,5-6,8-12H2,1-4H3;5,12-13,15,24H,6-10H2,1-4H3,(H,21,22,23);5,11-13,17-18H,6-9H2,1-4H3/t14-,15-,17-,18+,19+,20+;12-,13-,15-,17+,18+,19+;11-,12-,13-,14+,15+,16+/m111/s1. The summed E-state index contributed by atoms with van der Waals surface area (Å²) in [5, 5.41) is 47.5. The maximum absolute atomic E-state index is 12.1. The molecule has 0 bridgehead atoms. The highest BCUT2D eigenvalue weighted by atomic mass is 35.5.